The van der Waals surface area contributed by atoms with E-state index < -0.39 is 0 Å². The van der Waals surface area contributed by atoms with Crippen molar-refractivity contribution in [3.05, 3.63) is 77.9 Å². The van der Waals surface area contributed by atoms with Gasteiger partial charge < -0.3 is 0 Å². The van der Waals surface area contributed by atoms with Crippen molar-refractivity contribution in [1.29, 1.82) is 0 Å². The van der Waals surface area contributed by atoms with Crippen LogP contribution in [0.1, 0.15) is 15.9 Å². The van der Waals surface area contributed by atoms with Gasteiger partial charge in [0.05, 0.1) is 0 Å². The molecule has 0 aliphatic carbocycles. The van der Waals surface area contributed by atoms with Gasteiger partial charge in [-0.25, -0.2) is 5.43 Å². The summed E-state index contributed by atoms with van der Waals surface area (Å²) in [6.45, 7) is 0. The lowest BCUT2D eigenvalue weighted by Gasteiger charge is -1.97. The van der Waals surface area contributed by atoms with Crippen LogP contribution in [0.3, 0.4) is 0 Å². The molecule has 0 saturated heterocycles. The lowest BCUT2D eigenvalue weighted by Crippen LogP contribution is -2.16. The maximum absolute atomic E-state index is 11.6. The van der Waals surface area contributed by atoms with E-state index in [1.54, 1.807) is 24.4 Å². The summed E-state index contributed by atoms with van der Waals surface area (Å²) in [7, 11) is 0. The average molecular weight is 250 g/mol. The number of hydrazone groups is 1. The minimum Gasteiger partial charge on any atom is -0.267 e. The van der Waals surface area contributed by atoms with Gasteiger partial charge in [-0.3, -0.25) is 4.79 Å². The van der Waals surface area contributed by atoms with Crippen LogP contribution < -0.4 is 5.43 Å². The second-order valence-electron chi connectivity index (χ2n) is 3.85. The molecule has 19 heavy (non-hydrogen) atoms. The van der Waals surface area contributed by atoms with Crippen LogP contribution in [0.15, 0.2) is 71.8 Å². The highest BCUT2D eigenvalue weighted by Crippen LogP contribution is 2.00. The summed E-state index contributed by atoms with van der Waals surface area (Å²) < 4.78 is 0. The Balaban J connectivity index is 1.84. The molecule has 0 radical (unpaired) electrons. The number of hydrogen-bond acceptors (Lipinski definition) is 2. The fourth-order valence-corrected chi connectivity index (χ4v) is 1.51. The number of nitrogens with one attached hydrogen (secondary N) is 1. The van der Waals surface area contributed by atoms with E-state index in [0.717, 1.165) is 5.56 Å². The predicted octanol–water partition coefficient (Wildman–Crippen LogP) is 3.12. The number of hydrogen-bond donors (Lipinski definition) is 1. The first-order valence-electron chi connectivity index (χ1n) is 5.96. The SMILES string of the molecule is O=C(N/N=C\C=C\c1ccccc1)c1ccccc1. The first-order chi connectivity index (χ1) is 9.36. The van der Waals surface area contributed by atoms with Crippen LogP contribution in [-0.2, 0) is 0 Å². The molecule has 0 aliphatic heterocycles. The van der Waals surface area contributed by atoms with Crippen molar-refractivity contribution in [2.45, 2.75) is 0 Å². The van der Waals surface area contributed by atoms with Crippen molar-refractivity contribution in [1.82, 2.24) is 5.43 Å². The standard InChI is InChI=1S/C16H14N2O/c19-16(15-11-5-2-6-12-15)18-17-13-7-10-14-8-3-1-4-9-14/h1-13H,(H,18,19)/b10-7+,17-13-. The van der Waals surface area contributed by atoms with Gasteiger partial charge in [-0.15, -0.1) is 0 Å². The van der Waals surface area contributed by atoms with E-state index in [2.05, 4.69) is 10.5 Å². The molecule has 0 saturated carbocycles. The first-order valence-corrected chi connectivity index (χ1v) is 5.96. The Bertz CT molecular complexity index is 574. The number of allylic oxidation sites excluding steroid dienone is 1. The van der Waals surface area contributed by atoms with E-state index >= 15 is 0 Å². The van der Waals surface area contributed by atoms with E-state index in [1.807, 2.05) is 54.6 Å². The molecule has 1 amide bonds. The van der Waals surface area contributed by atoms with Gasteiger partial charge in [-0.1, -0.05) is 54.6 Å². The molecular formula is C16H14N2O. The minimum absolute atomic E-state index is 0.218. The maximum atomic E-state index is 11.6. The highest BCUT2D eigenvalue weighted by atomic mass is 16.2. The highest BCUT2D eigenvalue weighted by molar-refractivity contribution is 5.94. The summed E-state index contributed by atoms with van der Waals surface area (Å²) in [4.78, 5) is 11.6. The molecule has 0 spiro atoms. The third-order valence-electron chi connectivity index (χ3n) is 2.45. The Labute approximate surface area is 112 Å². The van der Waals surface area contributed by atoms with Crippen LogP contribution in [0.4, 0.5) is 0 Å². The van der Waals surface area contributed by atoms with Gasteiger partial charge in [0.25, 0.3) is 5.91 Å². The summed E-state index contributed by atoms with van der Waals surface area (Å²) in [5.41, 5.74) is 4.14. The molecule has 3 heteroatoms. The third-order valence-corrected chi connectivity index (χ3v) is 2.45. The molecule has 2 aromatic rings. The fourth-order valence-electron chi connectivity index (χ4n) is 1.51. The van der Waals surface area contributed by atoms with Crippen LogP contribution in [0.5, 0.6) is 0 Å². The smallest absolute Gasteiger partial charge is 0.267 e. The number of amides is 1. The number of carbonyl (C=O) groups excluding carboxylic acids is 1. The zero-order valence-corrected chi connectivity index (χ0v) is 10.4. The van der Waals surface area contributed by atoms with Gasteiger partial charge in [0.15, 0.2) is 0 Å². The average Bonchev–Trinajstić information content (AvgIpc) is 2.49. The van der Waals surface area contributed by atoms with Gasteiger partial charge in [-0.2, -0.15) is 5.10 Å². The lowest BCUT2D eigenvalue weighted by atomic mass is 10.2. The van der Waals surface area contributed by atoms with Gasteiger partial charge in [0.1, 0.15) is 0 Å². The van der Waals surface area contributed by atoms with Crippen LogP contribution in [0.25, 0.3) is 6.08 Å². The summed E-state index contributed by atoms with van der Waals surface area (Å²) in [6.07, 6.45) is 5.24. The summed E-state index contributed by atoms with van der Waals surface area (Å²) >= 11 is 0. The lowest BCUT2D eigenvalue weighted by molar-refractivity contribution is 0.0955. The van der Waals surface area contributed by atoms with Crippen molar-refractivity contribution in [2.75, 3.05) is 0 Å². The molecule has 1 N–H and O–H groups in total. The molecule has 2 rings (SSSR count). The highest BCUT2D eigenvalue weighted by Gasteiger charge is 2.00. The molecule has 3 nitrogen and oxygen atoms in total. The fraction of sp³-hybridized carbons (Fsp3) is 0. The molecule has 0 atom stereocenters. The number of nitrogens with zero attached hydrogens (tertiary/aromatic N) is 1. The number of carbonyl (C=O) groups is 1. The Kier molecular flexibility index (Phi) is 4.64. The van der Waals surface area contributed by atoms with Gasteiger partial charge >= 0.3 is 0 Å². The van der Waals surface area contributed by atoms with Gasteiger partial charge in [-0.05, 0) is 23.8 Å². The van der Waals surface area contributed by atoms with E-state index in [9.17, 15) is 4.79 Å². The van der Waals surface area contributed by atoms with Gasteiger partial charge in [0.2, 0.25) is 0 Å². The molecule has 0 heterocycles. The summed E-state index contributed by atoms with van der Waals surface area (Å²) in [5.74, 6) is -0.218. The van der Waals surface area contributed by atoms with Crippen LogP contribution in [0.2, 0.25) is 0 Å². The van der Waals surface area contributed by atoms with Crippen molar-refractivity contribution < 1.29 is 4.79 Å². The van der Waals surface area contributed by atoms with Crippen molar-refractivity contribution in [2.24, 2.45) is 5.10 Å². The topological polar surface area (TPSA) is 41.5 Å². The van der Waals surface area contributed by atoms with Crippen LogP contribution in [0, 0.1) is 0 Å². The molecule has 0 aliphatic rings. The predicted molar refractivity (Wildman–Crippen MR) is 77.9 cm³/mol. The second-order valence-corrected chi connectivity index (χ2v) is 3.85. The summed E-state index contributed by atoms with van der Waals surface area (Å²) in [6, 6.07) is 18.9. The second kappa shape index (κ2) is 6.91. The summed E-state index contributed by atoms with van der Waals surface area (Å²) in [5, 5.41) is 3.85. The van der Waals surface area contributed by atoms with E-state index in [4.69, 9.17) is 0 Å². The molecule has 94 valence electrons. The van der Waals surface area contributed by atoms with Crippen molar-refractivity contribution in [3.8, 4) is 0 Å². The Morgan fingerprint density at radius 1 is 0.947 bits per heavy atom. The largest absolute Gasteiger partial charge is 0.271 e. The molecule has 0 bridgehead atoms. The number of benzene rings is 2. The molecule has 2 aromatic carbocycles. The quantitative estimate of drug-likeness (QED) is 0.657. The molecule has 0 fully saturated rings. The normalized spacial score (nSPS) is 10.9. The molecule has 0 unspecified atom stereocenters. The molecular weight excluding hydrogens is 236 g/mol. The Morgan fingerprint density at radius 3 is 2.26 bits per heavy atom. The third kappa shape index (κ3) is 4.24. The first kappa shape index (κ1) is 12.8. The Hall–Kier alpha value is -2.68. The van der Waals surface area contributed by atoms with Crippen LogP contribution >= 0.6 is 0 Å². The zero-order valence-electron chi connectivity index (χ0n) is 10.4. The van der Waals surface area contributed by atoms with E-state index in [-0.39, 0.29) is 5.91 Å². The van der Waals surface area contributed by atoms with Crippen LogP contribution in [-0.4, -0.2) is 12.1 Å². The maximum Gasteiger partial charge on any atom is 0.271 e. The Morgan fingerprint density at radius 2 is 1.58 bits per heavy atom. The van der Waals surface area contributed by atoms with Crippen molar-refractivity contribution in [3.63, 3.8) is 0 Å². The monoisotopic (exact) mass is 250 g/mol. The minimum atomic E-state index is -0.218. The van der Waals surface area contributed by atoms with Gasteiger partial charge in [0, 0.05) is 11.8 Å². The molecule has 0 aromatic heterocycles. The van der Waals surface area contributed by atoms with Crippen molar-refractivity contribution >= 4 is 18.2 Å². The zero-order chi connectivity index (χ0) is 13.3. The van der Waals surface area contributed by atoms with E-state index in [1.165, 1.54) is 0 Å². The van der Waals surface area contributed by atoms with E-state index in [0.29, 0.717) is 5.56 Å². The number of rotatable bonds is 4.